The minimum absolute atomic E-state index is 1.07. The van der Waals surface area contributed by atoms with Gasteiger partial charge in [0.25, 0.3) is 0 Å². The molecule has 1 aromatic rings. The smallest absolute Gasteiger partial charge is 0.0945 e. The first-order valence-corrected chi connectivity index (χ1v) is 8.34. The zero-order chi connectivity index (χ0) is 15.3. The highest BCUT2D eigenvalue weighted by Crippen LogP contribution is 2.05. The van der Waals surface area contributed by atoms with Crippen LogP contribution in [0.25, 0.3) is 0 Å². The van der Waals surface area contributed by atoms with Gasteiger partial charge in [0.1, 0.15) is 0 Å². The summed E-state index contributed by atoms with van der Waals surface area (Å²) < 4.78 is 2.12. The molecule has 0 fully saturated rings. The first kappa shape index (κ1) is 17.6. The van der Waals surface area contributed by atoms with Gasteiger partial charge in [0.2, 0.25) is 0 Å². The third-order valence-corrected chi connectivity index (χ3v) is 3.56. The van der Waals surface area contributed by atoms with Gasteiger partial charge in [-0.1, -0.05) is 39.5 Å². The highest BCUT2D eigenvalue weighted by Gasteiger charge is 2.06. The number of unbranched alkanes of at least 4 members (excludes halogenated alkanes) is 4. The summed E-state index contributed by atoms with van der Waals surface area (Å²) in [6.45, 7) is 7.87. The molecular formula is C17H32N4. The summed E-state index contributed by atoms with van der Waals surface area (Å²) in [6, 6.07) is 0. The molecule has 120 valence electrons. The van der Waals surface area contributed by atoms with Gasteiger partial charge in [-0.2, -0.15) is 0 Å². The van der Waals surface area contributed by atoms with Crippen molar-refractivity contribution in [1.82, 2.24) is 19.4 Å². The molecule has 0 amide bonds. The molecule has 0 aromatic carbocycles. The van der Waals surface area contributed by atoms with Gasteiger partial charge in [-0.05, 0) is 12.8 Å². The van der Waals surface area contributed by atoms with E-state index in [0.29, 0.717) is 0 Å². The Labute approximate surface area is 130 Å². The van der Waals surface area contributed by atoms with Crippen LogP contribution in [0.1, 0.15) is 52.4 Å². The molecule has 4 nitrogen and oxygen atoms in total. The molecule has 0 spiro atoms. The molecule has 2 heterocycles. The van der Waals surface area contributed by atoms with E-state index in [-0.39, 0.29) is 0 Å². The van der Waals surface area contributed by atoms with Crippen molar-refractivity contribution < 1.29 is 0 Å². The number of hydrogen-bond acceptors (Lipinski definition) is 3. The van der Waals surface area contributed by atoms with Crippen LogP contribution in [-0.4, -0.2) is 39.6 Å². The average molecular weight is 292 g/mol. The Morgan fingerprint density at radius 2 is 1.67 bits per heavy atom. The average Bonchev–Trinajstić information content (AvgIpc) is 3.12. The SMILES string of the molecule is CCCCCN1C=CN(C)C1.CCCCCn1ccnc1. The zero-order valence-electron chi connectivity index (χ0n) is 14.0. The number of hydrogen-bond donors (Lipinski definition) is 0. The zero-order valence-corrected chi connectivity index (χ0v) is 14.0. The van der Waals surface area contributed by atoms with Crippen molar-refractivity contribution in [2.75, 3.05) is 20.3 Å². The number of aryl methyl sites for hydroxylation is 1. The predicted octanol–water partition coefficient (Wildman–Crippen LogP) is 3.93. The molecule has 0 bridgehead atoms. The van der Waals surface area contributed by atoms with E-state index in [1.165, 1.54) is 45.1 Å². The largest absolute Gasteiger partial charge is 0.362 e. The van der Waals surface area contributed by atoms with Gasteiger partial charge >= 0.3 is 0 Å². The first-order valence-electron chi connectivity index (χ1n) is 8.34. The fourth-order valence-electron chi connectivity index (χ4n) is 2.26. The second-order valence-corrected chi connectivity index (χ2v) is 5.72. The van der Waals surface area contributed by atoms with Crippen LogP contribution in [0.2, 0.25) is 0 Å². The summed E-state index contributed by atoms with van der Waals surface area (Å²) in [5.74, 6) is 0. The van der Waals surface area contributed by atoms with Crippen molar-refractivity contribution in [3.05, 3.63) is 31.1 Å². The normalized spacial score (nSPS) is 13.5. The Bertz CT molecular complexity index is 359. The second kappa shape index (κ2) is 11.2. The van der Waals surface area contributed by atoms with Gasteiger partial charge in [-0.25, -0.2) is 4.98 Å². The number of rotatable bonds is 8. The van der Waals surface area contributed by atoms with Crippen LogP contribution in [0.15, 0.2) is 31.1 Å². The van der Waals surface area contributed by atoms with E-state index in [0.717, 1.165) is 13.2 Å². The van der Waals surface area contributed by atoms with Crippen molar-refractivity contribution in [3.8, 4) is 0 Å². The van der Waals surface area contributed by atoms with E-state index >= 15 is 0 Å². The maximum atomic E-state index is 3.96. The molecule has 4 heteroatoms. The monoisotopic (exact) mass is 292 g/mol. The Morgan fingerprint density at radius 3 is 2.19 bits per heavy atom. The van der Waals surface area contributed by atoms with Crippen molar-refractivity contribution in [2.24, 2.45) is 0 Å². The molecule has 0 aliphatic carbocycles. The van der Waals surface area contributed by atoms with Crippen LogP contribution in [-0.2, 0) is 6.54 Å². The standard InChI is InChI=1S/C9H18N2.C8H14N2/c1-3-4-5-6-11-8-7-10(2)9-11;1-2-3-4-6-10-7-5-9-8-10/h7-8H,3-6,9H2,1-2H3;5,7-8H,2-4,6H2,1H3. The quantitative estimate of drug-likeness (QED) is 0.679. The van der Waals surface area contributed by atoms with Gasteiger partial charge in [-0.15, -0.1) is 0 Å². The molecule has 1 aromatic heterocycles. The fourth-order valence-corrected chi connectivity index (χ4v) is 2.26. The summed E-state index contributed by atoms with van der Waals surface area (Å²) in [4.78, 5) is 8.52. The van der Waals surface area contributed by atoms with Gasteiger partial charge in [-0.3, -0.25) is 0 Å². The van der Waals surface area contributed by atoms with E-state index in [2.05, 4.69) is 52.6 Å². The maximum absolute atomic E-state index is 3.96. The Kier molecular flexibility index (Phi) is 9.42. The highest BCUT2D eigenvalue weighted by atomic mass is 15.3. The number of nitrogens with zero attached hydrogens (tertiary/aromatic N) is 4. The summed E-state index contributed by atoms with van der Waals surface area (Å²) in [5.41, 5.74) is 0. The Morgan fingerprint density at radius 1 is 0.952 bits per heavy atom. The first-order chi connectivity index (χ1) is 10.3. The molecule has 0 N–H and O–H groups in total. The molecule has 1 aliphatic rings. The van der Waals surface area contributed by atoms with E-state index in [1.807, 2.05) is 18.7 Å². The van der Waals surface area contributed by atoms with E-state index in [1.54, 1.807) is 0 Å². The summed E-state index contributed by atoms with van der Waals surface area (Å²) >= 11 is 0. The third kappa shape index (κ3) is 8.43. The fraction of sp³-hybridized carbons (Fsp3) is 0.706. The second-order valence-electron chi connectivity index (χ2n) is 5.72. The lowest BCUT2D eigenvalue weighted by Crippen LogP contribution is -2.23. The Balaban J connectivity index is 0.000000211. The van der Waals surface area contributed by atoms with Crippen LogP contribution in [0.5, 0.6) is 0 Å². The maximum Gasteiger partial charge on any atom is 0.0945 e. The van der Waals surface area contributed by atoms with E-state index in [4.69, 9.17) is 0 Å². The molecule has 0 atom stereocenters. The molecule has 2 rings (SSSR count). The summed E-state index contributed by atoms with van der Waals surface area (Å²) in [5, 5.41) is 0. The third-order valence-electron chi connectivity index (χ3n) is 3.56. The molecule has 1 aliphatic heterocycles. The molecule has 0 unspecified atom stereocenters. The molecule has 0 radical (unpaired) electrons. The molecule has 0 saturated heterocycles. The minimum atomic E-state index is 1.07. The topological polar surface area (TPSA) is 24.3 Å². The summed E-state index contributed by atoms with van der Waals surface area (Å²) in [7, 11) is 2.11. The van der Waals surface area contributed by atoms with Gasteiger partial charge in [0.05, 0.1) is 13.0 Å². The molecule has 0 saturated carbocycles. The lowest BCUT2D eigenvalue weighted by Gasteiger charge is -2.17. The summed E-state index contributed by atoms with van der Waals surface area (Å²) in [6.07, 6.45) is 17.9. The lowest BCUT2D eigenvalue weighted by molar-refractivity contribution is 0.291. The van der Waals surface area contributed by atoms with Crippen molar-refractivity contribution in [2.45, 2.75) is 58.9 Å². The molecule has 21 heavy (non-hydrogen) atoms. The van der Waals surface area contributed by atoms with Crippen LogP contribution >= 0.6 is 0 Å². The Hall–Kier alpha value is -1.45. The number of aromatic nitrogens is 2. The van der Waals surface area contributed by atoms with E-state index < -0.39 is 0 Å². The lowest BCUT2D eigenvalue weighted by atomic mass is 10.2. The van der Waals surface area contributed by atoms with Crippen LogP contribution in [0.3, 0.4) is 0 Å². The molecular weight excluding hydrogens is 260 g/mol. The minimum Gasteiger partial charge on any atom is -0.362 e. The van der Waals surface area contributed by atoms with Crippen molar-refractivity contribution in [3.63, 3.8) is 0 Å². The van der Waals surface area contributed by atoms with Crippen LogP contribution < -0.4 is 0 Å². The highest BCUT2D eigenvalue weighted by molar-refractivity contribution is 4.88. The predicted molar refractivity (Wildman–Crippen MR) is 89.8 cm³/mol. The van der Waals surface area contributed by atoms with Crippen molar-refractivity contribution in [1.29, 1.82) is 0 Å². The van der Waals surface area contributed by atoms with Gasteiger partial charge in [0, 0.05) is 44.9 Å². The van der Waals surface area contributed by atoms with Gasteiger partial charge in [0.15, 0.2) is 0 Å². The van der Waals surface area contributed by atoms with Crippen LogP contribution in [0.4, 0.5) is 0 Å². The van der Waals surface area contributed by atoms with E-state index in [9.17, 15) is 0 Å². The van der Waals surface area contributed by atoms with Crippen molar-refractivity contribution >= 4 is 0 Å². The number of imidazole rings is 1. The van der Waals surface area contributed by atoms with Gasteiger partial charge < -0.3 is 14.4 Å². The van der Waals surface area contributed by atoms with Crippen LogP contribution in [0, 0.1) is 0 Å².